The zero-order valence-electron chi connectivity index (χ0n) is 18.3. The van der Waals surface area contributed by atoms with Gasteiger partial charge in [0.1, 0.15) is 5.60 Å². The summed E-state index contributed by atoms with van der Waals surface area (Å²) in [4.78, 5) is 23.4. The monoisotopic (exact) mass is 376 g/mol. The number of anilines is 1. The number of carbonyl (C=O) groups excluding carboxylic acids is 2. The third kappa shape index (κ3) is 7.24. The van der Waals surface area contributed by atoms with Crippen LogP contribution in [0.25, 0.3) is 0 Å². The predicted molar refractivity (Wildman–Crippen MR) is 112 cm³/mol. The molecule has 0 saturated carbocycles. The SMILES string of the molecule is Cc1c(C)c(C)c(NCCCCC(=O)CNC(=O)OC(C)(C)C)c(C)c1C. The van der Waals surface area contributed by atoms with Crippen molar-refractivity contribution in [2.24, 2.45) is 0 Å². The normalized spacial score (nSPS) is 11.3. The van der Waals surface area contributed by atoms with Crippen molar-refractivity contribution in [2.45, 2.75) is 80.3 Å². The first-order chi connectivity index (χ1) is 12.4. The lowest BCUT2D eigenvalue weighted by atomic mass is 9.93. The first-order valence-electron chi connectivity index (χ1n) is 9.73. The van der Waals surface area contributed by atoms with E-state index in [9.17, 15) is 9.59 Å². The second-order valence-electron chi connectivity index (χ2n) is 8.28. The van der Waals surface area contributed by atoms with E-state index in [1.807, 2.05) is 0 Å². The molecule has 2 N–H and O–H groups in total. The number of amides is 1. The number of carbonyl (C=O) groups is 2. The highest BCUT2D eigenvalue weighted by Crippen LogP contribution is 2.30. The molecule has 1 aromatic carbocycles. The maximum atomic E-state index is 11.9. The Hall–Kier alpha value is -2.04. The number of benzene rings is 1. The van der Waals surface area contributed by atoms with E-state index in [2.05, 4.69) is 45.3 Å². The summed E-state index contributed by atoms with van der Waals surface area (Å²) < 4.78 is 5.12. The highest BCUT2D eigenvalue weighted by Gasteiger charge is 2.16. The molecule has 0 radical (unpaired) electrons. The Kier molecular flexibility index (Phi) is 8.32. The predicted octanol–water partition coefficient (Wildman–Crippen LogP) is 4.90. The lowest BCUT2D eigenvalue weighted by Crippen LogP contribution is -2.35. The molecule has 0 saturated heterocycles. The van der Waals surface area contributed by atoms with Crippen LogP contribution in [0.2, 0.25) is 0 Å². The van der Waals surface area contributed by atoms with Gasteiger partial charge in [-0.25, -0.2) is 4.79 Å². The molecule has 0 fully saturated rings. The summed E-state index contributed by atoms with van der Waals surface area (Å²) in [6, 6.07) is 0. The van der Waals surface area contributed by atoms with Gasteiger partial charge in [0.2, 0.25) is 0 Å². The summed E-state index contributed by atoms with van der Waals surface area (Å²) in [5, 5.41) is 6.05. The van der Waals surface area contributed by atoms with E-state index in [4.69, 9.17) is 4.74 Å². The molecule has 0 unspecified atom stereocenters. The maximum Gasteiger partial charge on any atom is 0.408 e. The Morgan fingerprint density at radius 2 is 1.37 bits per heavy atom. The van der Waals surface area contributed by atoms with E-state index in [-0.39, 0.29) is 12.3 Å². The highest BCUT2D eigenvalue weighted by molar-refractivity contribution is 5.83. The second kappa shape index (κ2) is 9.77. The Bertz CT molecular complexity index is 659. The molecule has 0 aromatic heterocycles. The Balaban J connectivity index is 2.36. The molecule has 1 amide bonds. The summed E-state index contributed by atoms with van der Waals surface area (Å²) in [5.74, 6) is 0.0234. The zero-order valence-corrected chi connectivity index (χ0v) is 18.3. The van der Waals surface area contributed by atoms with Crippen LogP contribution in [-0.2, 0) is 9.53 Å². The number of Topliss-reactive ketones (excluding diaryl/α,β-unsaturated/α-hetero) is 1. The van der Waals surface area contributed by atoms with Crippen LogP contribution in [0.3, 0.4) is 0 Å². The van der Waals surface area contributed by atoms with Gasteiger partial charge in [0.25, 0.3) is 0 Å². The van der Waals surface area contributed by atoms with E-state index in [0.29, 0.717) is 6.42 Å². The third-order valence-electron chi connectivity index (χ3n) is 5.01. The maximum absolute atomic E-state index is 11.9. The quantitative estimate of drug-likeness (QED) is 0.633. The van der Waals surface area contributed by atoms with Crippen molar-refractivity contribution in [3.05, 3.63) is 27.8 Å². The lowest BCUT2D eigenvalue weighted by molar-refractivity contribution is -0.118. The molecule has 0 aliphatic heterocycles. The molecule has 152 valence electrons. The summed E-state index contributed by atoms with van der Waals surface area (Å²) in [6.07, 6.45) is 1.61. The van der Waals surface area contributed by atoms with Gasteiger partial charge in [-0.2, -0.15) is 0 Å². The van der Waals surface area contributed by atoms with E-state index >= 15 is 0 Å². The number of ether oxygens (including phenoxy) is 1. The smallest absolute Gasteiger partial charge is 0.408 e. The standard InChI is InChI=1S/C22H36N2O3/c1-14-15(2)17(4)20(18(5)16(14)3)23-12-10-9-11-19(25)13-24-21(26)27-22(6,7)8/h23H,9-13H2,1-8H3,(H,24,26). The molecule has 1 rings (SSSR count). The third-order valence-corrected chi connectivity index (χ3v) is 5.01. The molecule has 0 bridgehead atoms. The van der Waals surface area contributed by atoms with Crippen molar-refractivity contribution in [3.8, 4) is 0 Å². The van der Waals surface area contributed by atoms with E-state index in [0.717, 1.165) is 19.4 Å². The summed E-state index contributed by atoms with van der Waals surface area (Å²) in [6.45, 7) is 17.0. The minimum atomic E-state index is -0.554. The largest absolute Gasteiger partial charge is 0.444 e. The Labute approximate surface area is 164 Å². The first kappa shape index (κ1) is 23.0. The average Bonchev–Trinajstić information content (AvgIpc) is 2.57. The molecule has 0 atom stereocenters. The van der Waals surface area contributed by atoms with Gasteiger partial charge in [-0.1, -0.05) is 0 Å². The summed E-state index contributed by atoms with van der Waals surface area (Å²) in [5.41, 5.74) is 7.29. The van der Waals surface area contributed by atoms with E-state index < -0.39 is 11.7 Å². The highest BCUT2D eigenvalue weighted by atomic mass is 16.6. The van der Waals surface area contributed by atoms with Crippen LogP contribution in [0.15, 0.2) is 0 Å². The fourth-order valence-corrected chi connectivity index (χ4v) is 3.00. The van der Waals surface area contributed by atoms with Crippen molar-refractivity contribution >= 4 is 17.6 Å². The van der Waals surface area contributed by atoms with Crippen molar-refractivity contribution in [1.82, 2.24) is 5.32 Å². The van der Waals surface area contributed by atoms with Gasteiger partial charge in [0, 0.05) is 18.7 Å². The molecule has 0 aliphatic carbocycles. The van der Waals surface area contributed by atoms with Crippen molar-refractivity contribution in [3.63, 3.8) is 0 Å². The van der Waals surface area contributed by atoms with Crippen LogP contribution in [-0.4, -0.2) is 30.6 Å². The van der Waals surface area contributed by atoms with Crippen molar-refractivity contribution in [1.29, 1.82) is 0 Å². The topological polar surface area (TPSA) is 67.4 Å². The van der Waals surface area contributed by atoms with Gasteiger partial charge in [0.05, 0.1) is 6.54 Å². The number of hydrogen-bond acceptors (Lipinski definition) is 4. The number of hydrogen-bond donors (Lipinski definition) is 2. The van der Waals surface area contributed by atoms with Crippen LogP contribution in [0, 0.1) is 34.6 Å². The number of nitrogens with one attached hydrogen (secondary N) is 2. The molecule has 27 heavy (non-hydrogen) atoms. The molecule has 1 aromatic rings. The van der Waals surface area contributed by atoms with Gasteiger partial charge in [-0.3, -0.25) is 4.79 Å². The Morgan fingerprint density at radius 1 is 0.852 bits per heavy atom. The molecule has 5 heteroatoms. The second-order valence-corrected chi connectivity index (χ2v) is 8.28. The minimum Gasteiger partial charge on any atom is -0.444 e. The van der Waals surface area contributed by atoms with E-state index in [1.54, 1.807) is 20.8 Å². The van der Waals surface area contributed by atoms with E-state index in [1.165, 1.54) is 33.5 Å². The van der Waals surface area contributed by atoms with Crippen molar-refractivity contribution in [2.75, 3.05) is 18.4 Å². The van der Waals surface area contributed by atoms with Crippen LogP contribution in [0.1, 0.15) is 67.9 Å². The van der Waals surface area contributed by atoms with Gasteiger partial charge < -0.3 is 15.4 Å². The number of unbranched alkanes of at least 4 members (excludes halogenated alkanes) is 1. The Morgan fingerprint density at radius 3 is 1.89 bits per heavy atom. The van der Waals surface area contributed by atoms with Crippen LogP contribution in [0.4, 0.5) is 10.5 Å². The number of rotatable bonds is 8. The molecule has 5 nitrogen and oxygen atoms in total. The lowest BCUT2D eigenvalue weighted by Gasteiger charge is -2.20. The zero-order chi connectivity index (χ0) is 20.8. The van der Waals surface area contributed by atoms with Crippen molar-refractivity contribution < 1.29 is 14.3 Å². The number of alkyl carbamates (subject to hydrolysis) is 1. The molecular weight excluding hydrogens is 340 g/mol. The first-order valence-corrected chi connectivity index (χ1v) is 9.73. The fraction of sp³-hybridized carbons (Fsp3) is 0.636. The summed E-state index contributed by atoms with van der Waals surface area (Å²) in [7, 11) is 0. The molecular formula is C22H36N2O3. The van der Waals surface area contributed by atoms with Gasteiger partial charge in [-0.15, -0.1) is 0 Å². The van der Waals surface area contributed by atoms with Crippen LogP contribution >= 0.6 is 0 Å². The number of ketones is 1. The molecule has 0 heterocycles. The molecule has 0 aliphatic rings. The molecule has 0 spiro atoms. The van der Waals surface area contributed by atoms with Crippen LogP contribution in [0.5, 0.6) is 0 Å². The van der Waals surface area contributed by atoms with Gasteiger partial charge in [-0.05, 0) is 96.0 Å². The average molecular weight is 377 g/mol. The van der Waals surface area contributed by atoms with Gasteiger partial charge in [0.15, 0.2) is 5.78 Å². The summed E-state index contributed by atoms with van der Waals surface area (Å²) >= 11 is 0. The van der Waals surface area contributed by atoms with Crippen LogP contribution < -0.4 is 10.6 Å². The minimum absolute atomic E-state index is 0.0234. The van der Waals surface area contributed by atoms with Gasteiger partial charge >= 0.3 is 6.09 Å². The fourth-order valence-electron chi connectivity index (χ4n) is 3.00.